The van der Waals surface area contributed by atoms with Crippen LogP contribution in [-0.4, -0.2) is 31.1 Å². The molecule has 34 heavy (non-hydrogen) atoms. The zero-order valence-electron chi connectivity index (χ0n) is 20.3. The molecule has 178 valence electrons. The summed E-state index contributed by atoms with van der Waals surface area (Å²) in [5.41, 5.74) is 3.16. The minimum Gasteiger partial charge on any atom is -0.493 e. The quantitative estimate of drug-likeness (QED) is 0.301. The van der Waals surface area contributed by atoms with Gasteiger partial charge < -0.3 is 18.8 Å². The second-order valence-electron chi connectivity index (χ2n) is 8.75. The Balaban J connectivity index is 1.85. The molecular weight excluding hydrogens is 430 g/mol. The van der Waals surface area contributed by atoms with Crippen LogP contribution in [0, 0.1) is 13.8 Å². The zero-order chi connectivity index (χ0) is 24.4. The third-order valence-electron chi connectivity index (χ3n) is 6.23. The van der Waals surface area contributed by atoms with Crippen LogP contribution in [0.2, 0.25) is 0 Å². The van der Waals surface area contributed by atoms with Gasteiger partial charge in [-0.1, -0.05) is 38.0 Å². The number of amides is 1. The van der Waals surface area contributed by atoms with Crippen molar-refractivity contribution in [1.29, 1.82) is 0 Å². The van der Waals surface area contributed by atoms with Gasteiger partial charge in [0.25, 0.3) is 5.91 Å². The summed E-state index contributed by atoms with van der Waals surface area (Å²) < 4.78 is 17.6. The van der Waals surface area contributed by atoms with Crippen molar-refractivity contribution in [3.8, 4) is 11.5 Å². The molecular formula is C28H31NO5. The summed E-state index contributed by atoms with van der Waals surface area (Å²) in [6, 6.07) is 8.71. The van der Waals surface area contributed by atoms with Gasteiger partial charge in [0.15, 0.2) is 16.9 Å². The van der Waals surface area contributed by atoms with Gasteiger partial charge in [0, 0.05) is 6.54 Å². The Bertz CT molecular complexity index is 1310. The number of aryl methyl sites for hydroxylation is 2. The third-order valence-corrected chi connectivity index (χ3v) is 6.23. The average Bonchev–Trinajstić information content (AvgIpc) is 3.10. The van der Waals surface area contributed by atoms with E-state index in [0.29, 0.717) is 34.6 Å². The number of methoxy groups -OCH3 is 1. The maximum absolute atomic E-state index is 13.7. The molecule has 1 atom stereocenters. The second kappa shape index (κ2) is 9.75. The number of unbranched alkanes of at least 4 members (excludes halogenated alkanes) is 2. The first-order valence-electron chi connectivity index (χ1n) is 11.7. The van der Waals surface area contributed by atoms with Crippen LogP contribution in [-0.2, 0) is 0 Å². The molecule has 0 fully saturated rings. The van der Waals surface area contributed by atoms with Crippen molar-refractivity contribution in [1.82, 2.24) is 4.90 Å². The van der Waals surface area contributed by atoms with Crippen LogP contribution in [0.3, 0.4) is 0 Å². The summed E-state index contributed by atoms with van der Waals surface area (Å²) in [5, 5.41) is 0.484. The fourth-order valence-electron chi connectivity index (χ4n) is 4.66. The molecule has 3 aromatic rings. The number of benzene rings is 2. The maximum atomic E-state index is 13.7. The van der Waals surface area contributed by atoms with E-state index in [1.165, 1.54) is 0 Å². The lowest BCUT2D eigenvalue weighted by molar-refractivity contribution is 0.0748. The maximum Gasteiger partial charge on any atom is 0.291 e. The number of hydrogen-bond acceptors (Lipinski definition) is 5. The van der Waals surface area contributed by atoms with E-state index in [4.69, 9.17) is 13.9 Å². The Morgan fingerprint density at radius 3 is 2.62 bits per heavy atom. The molecule has 0 aliphatic carbocycles. The highest BCUT2D eigenvalue weighted by atomic mass is 16.5. The van der Waals surface area contributed by atoms with E-state index in [9.17, 15) is 9.59 Å². The number of nitrogens with zero attached hydrogens (tertiary/aromatic N) is 1. The summed E-state index contributed by atoms with van der Waals surface area (Å²) in [4.78, 5) is 28.7. The average molecular weight is 462 g/mol. The molecule has 1 aliphatic heterocycles. The molecule has 2 aromatic carbocycles. The molecule has 0 saturated carbocycles. The SMILES string of the molecule is C=CCN1C(=O)c2oc3c(C)cc(C)cc3c(=O)c2C1c1ccc(OCCCCC)c(OC)c1. The number of rotatable bonds is 9. The fourth-order valence-corrected chi connectivity index (χ4v) is 4.66. The largest absolute Gasteiger partial charge is 0.493 e. The smallest absolute Gasteiger partial charge is 0.291 e. The molecule has 0 bridgehead atoms. The zero-order valence-corrected chi connectivity index (χ0v) is 20.3. The van der Waals surface area contributed by atoms with Crippen molar-refractivity contribution >= 4 is 16.9 Å². The molecule has 0 saturated heterocycles. The molecule has 0 N–H and O–H groups in total. The van der Waals surface area contributed by atoms with Gasteiger partial charge in [-0.25, -0.2) is 0 Å². The predicted molar refractivity (Wildman–Crippen MR) is 133 cm³/mol. The van der Waals surface area contributed by atoms with Crippen LogP contribution < -0.4 is 14.9 Å². The Hall–Kier alpha value is -3.54. The van der Waals surface area contributed by atoms with Gasteiger partial charge in [0.1, 0.15) is 5.58 Å². The van der Waals surface area contributed by atoms with Gasteiger partial charge in [-0.15, -0.1) is 6.58 Å². The molecule has 6 heteroatoms. The molecule has 6 nitrogen and oxygen atoms in total. The van der Waals surface area contributed by atoms with Crippen molar-refractivity contribution in [2.45, 2.75) is 46.1 Å². The first-order valence-corrected chi connectivity index (χ1v) is 11.7. The summed E-state index contributed by atoms with van der Waals surface area (Å²) in [5.74, 6) is 0.970. The Labute approximate surface area is 199 Å². The first kappa shape index (κ1) is 23.6. The van der Waals surface area contributed by atoms with E-state index in [1.54, 1.807) is 18.1 Å². The van der Waals surface area contributed by atoms with E-state index in [-0.39, 0.29) is 23.6 Å². The Kier molecular flexibility index (Phi) is 6.77. The molecule has 0 spiro atoms. The van der Waals surface area contributed by atoms with Crippen molar-refractivity contribution in [3.05, 3.63) is 81.2 Å². The number of ether oxygens (including phenoxy) is 2. The second-order valence-corrected chi connectivity index (χ2v) is 8.75. The predicted octanol–water partition coefficient (Wildman–Crippen LogP) is 5.72. The highest BCUT2D eigenvalue weighted by Crippen LogP contribution is 2.41. The van der Waals surface area contributed by atoms with Crippen LogP contribution in [0.1, 0.15) is 65.0 Å². The lowest BCUT2D eigenvalue weighted by atomic mass is 9.97. The van der Waals surface area contributed by atoms with Gasteiger partial charge >= 0.3 is 0 Å². The van der Waals surface area contributed by atoms with Gasteiger partial charge in [-0.05, 0) is 55.2 Å². The number of carbonyl (C=O) groups is 1. The van der Waals surface area contributed by atoms with E-state index < -0.39 is 6.04 Å². The Morgan fingerprint density at radius 2 is 1.91 bits per heavy atom. The summed E-state index contributed by atoms with van der Waals surface area (Å²) in [6.07, 6.45) is 4.83. The lowest BCUT2D eigenvalue weighted by Crippen LogP contribution is -2.29. The minimum absolute atomic E-state index is 0.0927. The van der Waals surface area contributed by atoms with Crippen molar-refractivity contribution in [2.24, 2.45) is 0 Å². The number of hydrogen-bond donors (Lipinski definition) is 0. The van der Waals surface area contributed by atoms with Crippen LogP contribution in [0.25, 0.3) is 11.0 Å². The first-order chi connectivity index (χ1) is 16.4. The van der Waals surface area contributed by atoms with Crippen molar-refractivity contribution in [2.75, 3.05) is 20.3 Å². The highest BCUT2D eigenvalue weighted by Gasteiger charge is 2.42. The summed E-state index contributed by atoms with van der Waals surface area (Å²) in [6.45, 7) is 10.7. The van der Waals surface area contributed by atoms with Crippen LogP contribution in [0.5, 0.6) is 11.5 Å². The summed E-state index contributed by atoms with van der Waals surface area (Å²) >= 11 is 0. The lowest BCUT2D eigenvalue weighted by Gasteiger charge is -2.24. The van der Waals surface area contributed by atoms with Gasteiger partial charge in [-0.2, -0.15) is 0 Å². The van der Waals surface area contributed by atoms with Crippen LogP contribution >= 0.6 is 0 Å². The molecule has 1 unspecified atom stereocenters. The van der Waals surface area contributed by atoms with E-state index in [2.05, 4.69) is 13.5 Å². The molecule has 1 aliphatic rings. The Morgan fingerprint density at radius 1 is 1.12 bits per heavy atom. The topological polar surface area (TPSA) is 69.0 Å². The van der Waals surface area contributed by atoms with Crippen LogP contribution in [0.4, 0.5) is 0 Å². The van der Waals surface area contributed by atoms with Crippen molar-refractivity contribution < 1.29 is 18.7 Å². The summed E-state index contributed by atoms with van der Waals surface area (Å²) in [7, 11) is 1.58. The molecule has 4 rings (SSSR count). The van der Waals surface area contributed by atoms with E-state index in [1.807, 2.05) is 44.2 Å². The normalized spacial score (nSPS) is 15.0. The van der Waals surface area contributed by atoms with E-state index in [0.717, 1.165) is 36.0 Å². The number of fused-ring (bicyclic) bond motifs is 2. The molecule has 1 aromatic heterocycles. The minimum atomic E-state index is -0.606. The third kappa shape index (κ3) is 4.09. The van der Waals surface area contributed by atoms with Gasteiger partial charge in [0.2, 0.25) is 5.76 Å². The van der Waals surface area contributed by atoms with Crippen LogP contribution in [0.15, 0.2) is 52.2 Å². The van der Waals surface area contributed by atoms with Crippen molar-refractivity contribution in [3.63, 3.8) is 0 Å². The van der Waals surface area contributed by atoms with Gasteiger partial charge in [0.05, 0.1) is 30.7 Å². The monoisotopic (exact) mass is 461 g/mol. The fraction of sp³-hybridized carbons (Fsp3) is 0.357. The molecule has 0 radical (unpaired) electrons. The standard InChI is InChI=1S/C28H31NO5/c1-6-8-9-13-33-21-11-10-19(16-22(21)32-5)24-23-25(30)20-15-17(3)14-18(4)26(20)34-27(23)28(31)29(24)12-7-2/h7,10-11,14-16,24H,2,6,8-9,12-13H2,1,3-5H3. The van der Waals surface area contributed by atoms with Gasteiger partial charge in [-0.3, -0.25) is 9.59 Å². The number of carbonyl (C=O) groups excluding carboxylic acids is 1. The highest BCUT2D eigenvalue weighted by molar-refractivity contribution is 5.99. The molecule has 2 heterocycles. The molecule has 1 amide bonds. The van der Waals surface area contributed by atoms with E-state index >= 15 is 0 Å².